The fourth-order valence-electron chi connectivity index (χ4n) is 3.44. The Bertz CT molecular complexity index is 372. The van der Waals surface area contributed by atoms with Crippen LogP contribution in [-0.2, 0) is 4.79 Å². The Morgan fingerprint density at radius 3 is 2.45 bits per heavy atom. The molecular weight excluding hydrogens is 256 g/mol. The lowest BCUT2D eigenvalue weighted by Crippen LogP contribution is -2.55. The molecule has 2 amide bonds. The molecule has 2 rings (SSSR count). The molecule has 2 aliphatic rings. The summed E-state index contributed by atoms with van der Waals surface area (Å²) in [5, 5.41) is 9.02. The third kappa shape index (κ3) is 3.25. The second kappa shape index (κ2) is 6.46. The highest BCUT2D eigenvalue weighted by Crippen LogP contribution is 2.27. The van der Waals surface area contributed by atoms with Crippen LogP contribution in [0, 0.1) is 5.92 Å². The Labute approximate surface area is 120 Å². The average Bonchev–Trinajstić information content (AvgIpc) is 2.41. The van der Waals surface area contributed by atoms with Crippen LogP contribution in [0.25, 0.3) is 0 Å². The molecule has 3 unspecified atom stereocenters. The van der Waals surface area contributed by atoms with Gasteiger partial charge >= 0.3 is 12.0 Å². The minimum absolute atomic E-state index is 0.0509. The molecule has 0 aromatic rings. The normalized spacial score (nSPS) is 31.2. The molecule has 2 aliphatic heterocycles. The zero-order valence-electron chi connectivity index (χ0n) is 12.5. The topological polar surface area (TPSA) is 60.9 Å². The lowest BCUT2D eigenvalue weighted by Gasteiger charge is -2.44. The maximum Gasteiger partial charge on any atom is 0.320 e. The highest BCUT2D eigenvalue weighted by atomic mass is 16.4. The quantitative estimate of drug-likeness (QED) is 0.846. The van der Waals surface area contributed by atoms with Gasteiger partial charge in [0.25, 0.3) is 0 Å². The first-order valence-electron chi connectivity index (χ1n) is 7.79. The van der Waals surface area contributed by atoms with E-state index in [1.54, 1.807) is 0 Å². The molecule has 2 heterocycles. The second-order valence-corrected chi connectivity index (χ2v) is 6.28. The lowest BCUT2D eigenvalue weighted by atomic mass is 9.92. The highest BCUT2D eigenvalue weighted by molar-refractivity contribution is 5.76. The third-order valence-corrected chi connectivity index (χ3v) is 4.90. The van der Waals surface area contributed by atoms with Gasteiger partial charge in [0.15, 0.2) is 0 Å². The second-order valence-electron chi connectivity index (χ2n) is 6.28. The molecule has 0 radical (unpaired) electrons. The van der Waals surface area contributed by atoms with E-state index in [0.29, 0.717) is 12.5 Å². The number of urea groups is 1. The summed E-state index contributed by atoms with van der Waals surface area (Å²) in [7, 11) is 0. The smallest absolute Gasteiger partial charge is 0.320 e. The molecule has 20 heavy (non-hydrogen) atoms. The van der Waals surface area contributed by atoms with E-state index in [1.165, 1.54) is 6.42 Å². The molecule has 114 valence electrons. The van der Waals surface area contributed by atoms with E-state index >= 15 is 0 Å². The fourth-order valence-corrected chi connectivity index (χ4v) is 3.44. The Kier molecular flexibility index (Phi) is 4.89. The number of likely N-dealkylation sites (tertiary alicyclic amines) is 2. The summed E-state index contributed by atoms with van der Waals surface area (Å²) in [6, 6.07) is 0.178. The van der Waals surface area contributed by atoms with Gasteiger partial charge in [0, 0.05) is 25.2 Å². The predicted octanol–water partition coefficient (Wildman–Crippen LogP) is 2.56. The molecule has 1 N–H and O–H groups in total. The average molecular weight is 282 g/mol. The van der Waals surface area contributed by atoms with Gasteiger partial charge in [-0.1, -0.05) is 6.92 Å². The van der Waals surface area contributed by atoms with E-state index < -0.39 is 5.97 Å². The van der Waals surface area contributed by atoms with Crippen molar-refractivity contribution in [1.82, 2.24) is 9.80 Å². The number of amides is 2. The van der Waals surface area contributed by atoms with Gasteiger partial charge in [0.1, 0.15) is 0 Å². The Balaban J connectivity index is 2.06. The van der Waals surface area contributed by atoms with Crippen molar-refractivity contribution >= 4 is 12.0 Å². The monoisotopic (exact) mass is 282 g/mol. The van der Waals surface area contributed by atoms with E-state index in [2.05, 4.69) is 13.8 Å². The summed E-state index contributed by atoms with van der Waals surface area (Å²) in [4.78, 5) is 27.5. The first-order valence-corrected chi connectivity index (χ1v) is 7.79. The van der Waals surface area contributed by atoms with Crippen LogP contribution in [0.15, 0.2) is 0 Å². The number of piperidine rings is 2. The van der Waals surface area contributed by atoms with Gasteiger partial charge in [0.2, 0.25) is 0 Å². The van der Waals surface area contributed by atoms with E-state index in [0.717, 1.165) is 32.2 Å². The molecule has 0 aliphatic carbocycles. The van der Waals surface area contributed by atoms with Crippen molar-refractivity contribution in [2.75, 3.05) is 13.1 Å². The summed E-state index contributed by atoms with van der Waals surface area (Å²) in [5.74, 6) is -0.287. The molecular formula is C15H26N2O3. The molecule has 0 aromatic carbocycles. The van der Waals surface area contributed by atoms with Gasteiger partial charge in [-0.3, -0.25) is 4.79 Å². The number of rotatable bonds is 2. The van der Waals surface area contributed by atoms with Gasteiger partial charge < -0.3 is 14.9 Å². The number of aliphatic carboxylic acids is 1. The largest absolute Gasteiger partial charge is 0.481 e. The van der Waals surface area contributed by atoms with Crippen LogP contribution >= 0.6 is 0 Å². The van der Waals surface area contributed by atoms with Gasteiger partial charge in [-0.2, -0.15) is 0 Å². The molecule has 0 aromatic heterocycles. The minimum Gasteiger partial charge on any atom is -0.481 e. The minimum atomic E-state index is -0.810. The summed E-state index contributed by atoms with van der Waals surface area (Å²) in [6.07, 6.45) is 5.12. The first-order chi connectivity index (χ1) is 9.50. The van der Waals surface area contributed by atoms with Crippen LogP contribution in [0.5, 0.6) is 0 Å². The number of carboxylic acids is 1. The Hall–Kier alpha value is -1.26. The maximum atomic E-state index is 12.8. The summed E-state index contributed by atoms with van der Waals surface area (Å²) in [6.45, 7) is 5.81. The van der Waals surface area contributed by atoms with E-state index in [1.807, 2.05) is 9.80 Å². The predicted molar refractivity (Wildman–Crippen MR) is 76.6 cm³/mol. The fraction of sp³-hybridized carbons (Fsp3) is 0.867. The van der Waals surface area contributed by atoms with E-state index in [9.17, 15) is 9.59 Å². The number of hydrogen-bond donors (Lipinski definition) is 1. The number of hydrogen-bond acceptors (Lipinski definition) is 2. The molecule has 3 atom stereocenters. The van der Waals surface area contributed by atoms with Crippen molar-refractivity contribution in [1.29, 1.82) is 0 Å². The lowest BCUT2D eigenvalue weighted by molar-refractivity contribution is -0.138. The number of carbonyl (C=O) groups excluding carboxylic acids is 1. The van der Waals surface area contributed by atoms with Gasteiger partial charge in [0.05, 0.1) is 6.42 Å². The molecule has 2 fully saturated rings. The van der Waals surface area contributed by atoms with Crippen LogP contribution in [0.4, 0.5) is 4.79 Å². The first kappa shape index (κ1) is 15.1. The van der Waals surface area contributed by atoms with E-state index in [4.69, 9.17) is 5.11 Å². The highest BCUT2D eigenvalue weighted by Gasteiger charge is 2.35. The zero-order valence-corrected chi connectivity index (χ0v) is 12.5. The number of carboxylic acid groups (broad SMARTS) is 1. The maximum absolute atomic E-state index is 12.8. The van der Waals surface area contributed by atoms with Crippen molar-refractivity contribution in [3.05, 3.63) is 0 Å². The SMILES string of the molecule is CC1CCCN(C(=O)N2CCCCC2CC(=O)O)C1C. The van der Waals surface area contributed by atoms with E-state index in [-0.39, 0.29) is 24.5 Å². The van der Waals surface area contributed by atoms with Crippen LogP contribution in [0.1, 0.15) is 52.4 Å². The zero-order chi connectivity index (χ0) is 14.7. The van der Waals surface area contributed by atoms with Crippen LogP contribution < -0.4 is 0 Å². The number of nitrogens with zero attached hydrogens (tertiary/aromatic N) is 2. The van der Waals surface area contributed by atoms with Gasteiger partial charge in [-0.25, -0.2) is 4.79 Å². The van der Waals surface area contributed by atoms with Crippen molar-refractivity contribution in [3.63, 3.8) is 0 Å². The number of carbonyl (C=O) groups is 2. The molecule has 5 heteroatoms. The van der Waals surface area contributed by atoms with Gasteiger partial charge in [-0.05, 0) is 44.9 Å². The van der Waals surface area contributed by atoms with Crippen molar-refractivity contribution in [3.8, 4) is 0 Å². The third-order valence-electron chi connectivity index (χ3n) is 4.90. The van der Waals surface area contributed by atoms with Crippen LogP contribution in [-0.4, -0.2) is 52.1 Å². The molecule has 0 bridgehead atoms. The van der Waals surface area contributed by atoms with Gasteiger partial charge in [-0.15, -0.1) is 0 Å². The Morgan fingerprint density at radius 1 is 1.05 bits per heavy atom. The summed E-state index contributed by atoms with van der Waals surface area (Å²) < 4.78 is 0. The van der Waals surface area contributed by atoms with Crippen molar-refractivity contribution < 1.29 is 14.7 Å². The standard InChI is InChI=1S/C15H26N2O3/c1-11-6-5-9-16(12(11)2)15(20)17-8-4-3-7-13(17)10-14(18)19/h11-13H,3-10H2,1-2H3,(H,18,19). The summed E-state index contributed by atoms with van der Waals surface area (Å²) in [5.41, 5.74) is 0. The van der Waals surface area contributed by atoms with Crippen LogP contribution in [0.3, 0.4) is 0 Å². The van der Waals surface area contributed by atoms with Crippen molar-refractivity contribution in [2.45, 2.75) is 64.5 Å². The Morgan fingerprint density at radius 2 is 1.75 bits per heavy atom. The van der Waals surface area contributed by atoms with Crippen LogP contribution in [0.2, 0.25) is 0 Å². The molecule has 5 nitrogen and oxygen atoms in total. The molecule has 0 spiro atoms. The summed E-state index contributed by atoms with van der Waals surface area (Å²) >= 11 is 0. The molecule has 0 saturated carbocycles. The van der Waals surface area contributed by atoms with Crippen molar-refractivity contribution in [2.24, 2.45) is 5.92 Å². The molecule has 2 saturated heterocycles.